The van der Waals surface area contributed by atoms with Gasteiger partial charge in [0.15, 0.2) is 6.10 Å². The molecule has 2 fully saturated rings. The first-order chi connectivity index (χ1) is 10.6. The second-order valence-electron chi connectivity index (χ2n) is 5.77. The van der Waals surface area contributed by atoms with Crippen LogP contribution < -0.4 is 0 Å². The second kappa shape index (κ2) is 6.38. The third kappa shape index (κ3) is 3.03. The van der Waals surface area contributed by atoms with Gasteiger partial charge in [0, 0.05) is 11.0 Å². The summed E-state index contributed by atoms with van der Waals surface area (Å²) < 4.78 is 6.40. The molecule has 0 radical (unpaired) electrons. The molecule has 0 saturated carbocycles. The number of ether oxygens (including phenoxy) is 1. The average Bonchev–Trinajstić information content (AvgIpc) is 3.16. The Hall–Kier alpha value is -1.40. The zero-order valence-corrected chi connectivity index (χ0v) is 13.7. The minimum atomic E-state index is -0.986. The van der Waals surface area contributed by atoms with Gasteiger partial charge in [-0.3, -0.25) is 4.79 Å². The molecule has 118 valence electrons. The number of carboxylic acids is 1. The number of hydrogen-bond acceptors (Lipinski definition) is 3. The summed E-state index contributed by atoms with van der Waals surface area (Å²) in [5, 5.41) is 8.98. The van der Waals surface area contributed by atoms with E-state index in [0.29, 0.717) is 19.4 Å². The lowest BCUT2D eigenvalue weighted by molar-refractivity contribution is -0.155. The Morgan fingerprint density at radius 3 is 2.68 bits per heavy atom. The van der Waals surface area contributed by atoms with Crippen molar-refractivity contribution in [2.75, 3.05) is 6.54 Å². The van der Waals surface area contributed by atoms with Crippen molar-refractivity contribution < 1.29 is 19.4 Å². The number of likely N-dealkylation sites (tertiary alicyclic amines) is 1. The van der Waals surface area contributed by atoms with Crippen LogP contribution >= 0.6 is 15.9 Å². The molecule has 1 amide bonds. The molecule has 1 N–H and O–H groups in total. The van der Waals surface area contributed by atoms with Gasteiger partial charge < -0.3 is 14.7 Å². The van der Waals surface area contributed by atoms with Crippen LogP contribution in [0.3, 0.4) is 0 Å². The van der Waals surface area contributed by atoms with Gasteiger partial charge in [0.2, 0.25) is 0 Å². The predicted molar refractivity (Wildman–Crippen MR) is 83.4 cm³/mol. The summed E-state index contributed by atoms with van der Waals surface area (Å²) in [6.45, 7) is 0.702. The van der Waals surface area contributed by atoms with Gasteiger partial charge >= 0.3 is 5.97 Å². The van der Waals surface area contributed by atoms with Crippen LogP contribution in [0, 0.1) is 0 Å². The van der Waals surface area contributed by atoms with E-state index in [2.05, 4.69) is 15.9 Å². The van der Waals surface area contributed by atoms with E-state index >= 15 is 0 Å². The fourth-order valence-corrected chi connectivity index (χ4v) is 3.69. The summed E-state index contributed by atoms with van der Waals surface area (Å²) in [6, 6.07) is 8.04. The zero-order chi connectivity index (χ0) is 15.7. The third-order valence-electron chi connectivity index (χ3n) is 4.34. The Kier molecular flexibility index (Phi) is 4.49. The van der Waals surface area contributed by atoms with Crippen molar-refractivity contribution in [1.82, 2.24) is 4.90 Å². The van der Waals surface area contributed by atoms with Crippen LogP contribution in [-0.4, -0.2) is 40.6 Å². The largest absolute Gasteiger partial charge is 0.479 e. The lowest BCUT2D eigenvalue weighted by atomic mass is 10.0. The smallest absolute Gasteiger partial charge is 0.332 e. The van der Waals surface area contributed by atoms with Crippen LogP contribution in [0.25, 0.3) is 0 Å². The van der Waals surface area contributed by atoms with Gasteiger partial charge in [-0.05, 0) is 43.4 Å². The number of carboxylic acid groups (broad SMARTS) is 1. The van der Waals surface area contributed by atoms with Crippen molar-refractivity contribution in [2.45, 2.75) is 43.9 Å². The van der Waals surface area contributed by atoms with Gasteiger partial charge in [-0.25, -0.2) is 4.79 Å². The minimum absolute atomic E-state index is 0.0532. The standard InChI is InChI=1S/C16H18BrNO4/c17-11-4-1-3-10(9-11)12-5-2-8-18(12)15(19)13-6-7-14(22-13)16(20)21/h1,3-4,9,12-14H,2,5-8H2,(H,20,21)/t12?,13-,14+/m0/s1. The second-order valence-corrected chi connectivity index (χ2v) is 6.69. The molecule has 2 heterocycles. The highest BCUT2D eigenvalue weighted by Crippen LogP contribution is 2.35. The number of rotatable bonds is 3. The number of aliphatic carboxylic acids is 1. The van der Waals surface area contributed by atoms with Gasteiger partial charge in [-0.1, -0.05) is 28.1 Å². The molecule has 0 spiro atoms. The van der Waals surface area contributed by atoms with Crippen LogP contribution in [0.15, 0.2) is 28.7 Å². The summed E-state index contributed by atoms with van der Waals surface area (Å²) >= 11 is 3.46. The predicted octanol–water partition coefficient (Wildman–Crippen LogP) is 2.74. The van der Waals surface area contributed by atoms with E-state index in [1.54, 1.807) is 0 Å². The van der Waals surface area contributed by atoms with Crippen molar-refractivity contribution in [3.8, 4) is 0 Å². The zero-order valence-electron chi connectivity index (χ0n) is 12.1. The first-order valence-corrected chi connectivity index (χ1v) is 8.30. The number of amides is 1. The van der Waals surface area contributed by atoms with Crippen LogP contribution in [0.4, 0.5) is 0 Å². The molecule has 2 saturated heterocycles. The molecule has 22 heavy (non-hydrogen) atoms. The van der Waals surface area contributed by atoms with Gasteiger partial charge in [0.05, 0.1) is 6.04 Å². The minimum Gasteiger partial charge on any atom is -0.479 e. The molecule has 2 aliphatic rings. The Balaban J connectivity index is 1.73. The van der Waals surface area contributed by atoms with Crippen LogP contribution in [0.1, 0.15) is 37.3 Å². The quantitative estimate of drug-likeness (QED) is 0.891. The number of hydrogen-bond donors (Lipinski definition) is 1. The molecule has 0 aromatic heterocycles. The fourth-order valence-electron chi connectivity index (χ4n) is 3.28. The normalized spacial score (nSPS) is 28.0. The molecule has 5 nitrogen and oxygen atoms in total. The Labute approximate surface area is 137 Å². The molecule has 1 unspecified atom stereocenters. The molecular weight excluding hydrogens is 350 g/mol. The molecule has 2 aliphatic heterocycles. The number of nitrogens with zero attached hydrogens (tertiary/aromatic N) is 1. The van der Waals surface area contributed by atoms with E-state index in [-0.39, 0.29) is 11.9 Å². The topological polar surface area (TPSA) is 66.8 Å². The maximum Gasteiger partial charge on any atom is 0.332 e. The lowest BCUT2D eigenvalue weighted by Gasteiger charge is -2.27. The van der Waals surface area contributed by atoms with Gasteiger partial charge in [0.25, 0.3) is 5.91 Å². The fraction of sp³-hybridized carbons (Fsp3) is 0.500. The molecular formula is C16H18BrNO4. The maximum absolute atomic E-state index is 12.7. The molecule has 0 aliphatic carbocycles. The average molecular weight is 368 g/mol. The number of carbonyl (C=O) groups is 2. The SMILES string of the molecule is O=C(O)[C@H]1CC[C@@H](C(=O)N2CCCC2c2cccc(Br)c2)O1. The van der Waals surface area contributed by atoms with Gasteiger partial charge in [0.1, 0.15) is 6.10 Å². The molecule has 3 rings (SSSR count). The summed E-state index contributed by atoms with van der Waals surface area (Å²) in [7, 11) is 0. The molecule has 1 aromatic rings. The molecule has 0 bridgehead atoms. The van der Waals surface area contributed by atoms with Crippen molar-refractivity contribution in [3.05, 3.63) is 34.3 Å². The highest BCUT2D eigenvalue weighted by Gasteiger charge is 2.40. The van der Waals surface area contributed by atoms with Crippen molar-refractivity contribution in [1.29, 1.82) is 0 Å². The summed E-state index contributed by atoms with van der Waals surface area (Å²) in [4.78, 5) is 25.5. The van der Waals surface area contributed by atoms with E-state index < -0.39 is 18.2 Å². The summed E-state index contributed by atoms with van der Waals surface area (Å²) in [5.74, 6) is -1.06. The van der Waals surface area contributed by atoms with Crippen molar-refractivity contribution in [3.63, 3.8) is 0 Å². The summed E-state index contributed by atoms with van der Waals surface area (Å²) in [6.07, 6.45) is 1.31. The number of halogens is 1. The van der Waals surface area contributed by atoms with E-state index in [1.165, 1.54) is 0 Å². The van der Waals surface area contributed by atoms with E-state index in [9.17, 15) is 9.59 Å². The van der Waals surface area contributed by atoms with Gasteiger partial charge in [-0.2, -0.15) is 0 Å². The van der Waals surface area contributed by atoms with Gasteiger partial charge in [-0.15, -0.1) is 0 Å². The molecule has 3 atom stereocenters. The van der Waals surface area contributed by atoms with E-state index in [0.717, 1.165) is 22.9 Å². The molecule has 1 aromatic carbocycles. The first kappa shape index (κ1) is 15.5. The highest BCUT2D eigenvalue weighted by atomic mass is 79.9. The lowest BCUT2D eigenvalue weighted by Crippen LogP contribution is -2.39. The van der Waals surface area contributed by atoms with Crippen molar-refractivity contribution >= 4 is 27.8 Å². The Morgan fingerprint density at radius 1 is 1.23 bits per heavy atom. The van der Waals surface area contributed by atoms with Crippen LogP contribution in [0.2, 0.25) is 0 Å². The number of carbonyl (C=O) groups excluding carboxylic acids is 1. The Bertz CT molecular complexity index is 591. The van der Waals surface area contributed by atoms with E-state index in [4.69, 9.17) is 9.84 Å². The molecule has 6 heteroatoms. The summed E-state index contributed by atoms with van der Waals surface area (Å²) in [5.41, 5.74) is 1.10. The van der Waals surface area contributed by atoms with Crippen LogP contribution in [0.5, 0.6) is 0 Å². The maximum atomic E-state index is 12.7. The van der Waals surface area contributed by atoms with E-state index in [1.807, 2.05) is 29.2 Å². The highest BCUT2D eigenvalue weighted by molar-refractivity contribution is 9.10. The number of benzene rings is 1. The van der Waals surface area contributed by atoms with Crippen molar-refractivity contribution in [2.24, 2.45) is 0 Å². The first-order valence-electron chi connectivity index (χ1n) is 7.50. The third-order valence-corrected chi connectivity index (χ3v) is 4.83. The monoisotopic (exact) mass is 367 g/mol. The van der Waals surface area contributed by atoms with Crippen LogP contribution in [-0.2, 0) is 14.3 Å². The Morgan fingerprint density at radius 2 is 2.00 bits per heavy atom.